The first-order chi connectivity index (χ1) is 17.5. The Balaban J connectivity index is 1.93. The van der Waals surface area contributed by atoms with Crippen molar-refractivity contribution in [2.24, 2.45) is 0 Å². The number of rotatable bonds is 10. The van der Waals surface area contributed by atoms with Crippen LogP contribution in [-0.4, -0.2) is 50.0 Å². The van der Waals surface area contributed by atoms with Gasteiger partial charge in [-0.2, -0.15) is 0 Å². The molecule has 1 saturated carbocycles. The summed E-state index contributed by atoms with van der Waals surface area (Å²) in [5.74, 6) is -0.680. The minimum atomic E-state index is -3.77. The van der Waals surface area contributed by atoms with E-state index in [9.17, 15) is 18.0 Å². The van der Waals surface area contributed by atoms with Crippen LogP contribution in [-0.2, 0) is 26.2 Å². The van der Waals surface area contributed by atoms with Gasteiger partial charge in [0.25, 0.3) is 0 Å². The van der Waals surface area contributed by atoms with Crippen LogP contribution < -0.4 is 9.62 Å². The summed E-state index contributed by atoms with van der Waals surface area (Å²) in [4.78, 5) is 28.7. The first-order valence-corrected chi connectivity index (χ1v) is 15.1. The summed E-state index contributed by atoms with van der Waals surface area (Å²) in [5, 5.41) is 3.62. The highest BCUT2D eigenvalue weighted by atomic mass is 35.5. The zero-order chi connectivity index (χ0) is 27.2. The maximum atomic E-state index is 13.8. The van der Waals surface area contributed by atoms with Crippen molar-refractivity contribution in [3.63, 3.8) is 0 Å². The highest BCUT2D eigenvalue weighted by molar-refractivity contribution is 7.92. The van der Waals surface area contributed by atoms with Crippen molar-refractivity contribution < 1.29 is 18.0 Å². The standard InChI is InChI=1S/C28H38ClN3O4S/c1-5-26(28(34)30-23-12-7-6-8-13-23)31(18-22-11-9-10-14-25(22)29)27(33)19-32(37(4,35)36)24-16-15-20(2)21(3)17-24/h9-11,14-17,23,26H,5-8,12-13,18-19H2,1-4H3,(H,30,34). The summed E-state index contributed by atoms with van der Waals surface area (Å²) < 4.78 is 26.7. The van der Waals surface area contributed by atoms with Crippen LogP contribution in [0.1, 0.15) is 62.1 Å². The number of nitrogens with zero attached hydrogens (tertiary/aromatic N) is 2. The molecule has 1 N–H and O–H groups in total. The van der Waals surface area contributed by atoms with Gasteiger partial charge in [0, 0.05) is 17.6 Å². The number of carbonyl (C=O) groups is 2. The van der Waals surface area contributed by atoms with Crippen LogP contribution in [0.4, 0.5) is 5.69 Å². The summed E-state index contributed by atoms with van der Waals surface area (Å²) in [6.07, 6.45) is 6.63. The number of hydrogen-bond donors (Lipinski definition) is 1. The molecular weight excluding hydrogens is 510 g/mol. The lowest BCUT2D eigenvalue weighted by atomic mass is 9.95. The molecule has 0 saturated heterocycles. The van der Waals surface area contributed by atoms with E-state index in [0.717, 1.165) is 47.4 Å². The van der Waals surface area contributed by atoms with Crippen molar-refractivity contribution in [1.29, 1.82) is 0 Å². The van der Waals surface area contributed by atoms with Gasteiger partial charge >= 0.3 is 0 Å². The molecule has 0 heterocycles. The van der Waals surface area contributed by atoms with E-state index in [0.29, 0.717) is 22.7 Å². The fraction of sp³-hybridized carbons (Fsp3) is 0.500. The molecule has 1 fully saturated rings. The van der Waals surface area contributed by atoms with Gasteiger partial charge in [0.05, 0.1) is 11.9 Å². The first-order valence-electron chi connectivity index (χ1n) is 12.9. The van der Waals surface area contributed by atoms with Gasteiger partial charge in [-0.3, -0.25) is 13.9 Å². The molecule has 0 spiro atoms. The molecule has 0 radical (unpaired) electrons. The number of amides is 2. The number of hydrogen-bond acceptors (Lipinski definition) is 4. The maximum absolute atomic E-state index is 13.8. The second-order valence-corrected chi connectivity index (χ2v) is 12.2. The molecule has 1 unspecified atom stereocenters. The fourth-order valence-corrected chi connectivity index (χ4v) is 5.81. The third-order valence-electron chi connectivity index (χ3n) is 7.09. The number of aryl methyl sites for hydroxylation is 2. The smallest absolute Gasteiger partial charge is 0.244 e. The Bertz CT molecular complexity index is 1210. The van der Waals surface area contributed by atoms with E-state index in [4.69, 9.17) is 11.6 Å². The number of benzene rings is 2. The summed E-state index contributed by atoms with van der Waals surface area (Å²) in [6, 6.07) is 11.8. The minimum Gasteiger partial charge on any atom is -0.352 e. The summed E-state index contributed by atoms with van der Waals surface area (Å²) >= 11 is 6.42. The molecule has 37 heavy (non-hydrogen) atoms. The second kappa shape index (κ2) is 12.8. The largest absolute Gasteiger partial charge is 0.352 e. The first kappa shape index (κ1) is 29.0. The van der Waals surface area contributed by atoms with Crippen LogP contribution in [0, 0.1) is 13.8 Å². The van der Waals surface area contributed by atoms with Gasteiger partial charge in [-0.25, -0.2) is 8.42 Å². The molecule has 202 valence electrons. The third kappa shape index (κ3) is 7.71. The maximum Gasteiger partial charge on any atom is 0.244 e. The van der Waals surface area contributed by atoms with Gasteiger partial charge < -0.3 is 10.2 Å². The van der Waals surface area contributed by atoms with Crippen LogP contribution in [0.25, 0.3) is 0 Å². The number of sulfonamides is 1. The lowest BCUT2D eigenvalue weighted by Gasteiger charge is -2.34. The topological polar surface area (TPSA) is 86.8 Å². The average Bonchev–Trinajstić information content (AvgIpc) is 2.85. The van der Waals surface area contributed by atoms with E-state index in [1.165, 1.54) is 11.3 Å². The van der Waals surface area contributed by atoms with E-state index >= 15 is 0 Å². The fourth-order valence-electron chi connectivity index (χ4n) is 4.77. The zero-order valence-electron chi connectivity index (χ0n) is 22.2. The molecule has 2 amide bonds. The Morgan fingerprint density at radius 3 is 2.32 bits per heavy atom. The highest BCUT2D eigenvalue weighted by Gasteiger charge is 2.33. The molecular formula is C28H38ClN3O4S. The average molecular weight is 548 g/mol. The van der Waals surface area contributed by atoms with E-state index in [2.05, 4.69) is 5.32 Å². The molecule has 3 rings (SSSR count). The van der Waals surface area contributed by atoms with Gasteiger partial charge in [-0.1, -0.05) is 62.1 Å². The van der Waals surface area contributed by atoms with Gasteiger partial charge in [-0.15, -0.1) is 0 Å². The van der Waals surface area contributed by atoms with Crippen LogP contribution in [0.3, 0.4) is 0 Å². The van der Waals surface area contributed by atoms with Gasteiger partial charge in [0.2, 0.25) is 21.8 Å². The quantitative estimate of drug-likeness (QED) is 0.454. The van der Waals surface area contributed by atoms with Crippen LogP contribution in [0.5, 0.6) is 0 Å². The molecule has 9 heteroatoms. The van der Waals surface area contributed by atoms with Crippen molar-refractivity contribution in [2.75, 3.05) is 17.1 Å². The zero-order valence-corrected chi connectivity index (χ0v) is 23.7. The van der Waals surface area contributed by atoms with E-state index < -0.39 is 28.5 Å². The molecule has 2 aromatic rings. The normalized spacial score (nSPS) is 15.2. The Kier molecular flexibility index (Phi) is 10.0. The van der Waals surface area contributed by atoms with Gasteiger partial charge in [0.15, 0.2) is 0 Å². The van der Waals surface area contributed by atoms with Crippen LogP contribution >= 0.6 is 11.6 Å². The number of halogens is 1. The van der Waals surface area contributed by atoms with Crippen molar-refractivity contribution in [2.45, 2.75) is 77.9 Å². The Morgan fingerprint density at radius 1 is 1.05 bits per heavy atom. The molecule has 0 aromatic heterocycles. The second-order valence-electron chi connectivity index (χ2n) is 9.92. The van der Waals surface area contributed by atoms with Crippen molar-refractivity contribution >= 4 is 39.1 Å². The lowest BCUT2D eigenvalue weighted by molar-refractivity contribution is -0.140. The summed E-state index contributed by atoms with van der Waals surface area (Å²) in [7, 11) is -3.77. The predicted octanol–water partition coefficient (Wildman–Crippen LogP) is 4.98. The van der Waals surface area contributed by atoms with E-state index in [-0.39, 0.29) is 18.5 Å². The Morgan fingerprint density at radius 2 is 1.73 bits per heavy atom. The van der Waals surface area contributed by atoms with E-state index in [1.54, 1.807) is 24.3 Å². The number of carbonyl (C=O) groups excluding carboxylic acids is 2. The molecule has 2 aromatic carbocycles. The monoisotopic (exact) mass is 547 g/mol. The molecule has 1 aliphatic carbocycles. The summed E-state index contributed by atoms with van der Waals surface area (Å²) in [5.41, 5.74) is 3.05. The highest BCUT2D eigenvalue weighted by Crippen LogP contribution is 2.24. The van der Waals surface area contributed by atoms with Gasteiger partial charge in [0.1, 0.15) is 12.6 Å². The molecule has 0 bridgehead atoms. The van der Waals surface area contributed by atoms with E-state index in [1.807, 2.05) is 39.0 Å². The third-order valence-corrected chi connectivity index (χ3v) is 8.60. The SMILES string of the molecule is CCC(C(=O)NC1CCCCC1)N(Cc1ccccc1Cl)C(=O)CN(c1ccc(C)c(C)c1)S(C)(=O)=O. The van der Waals surface area contributed by atoms with Crippen molar-refractivity contribution in [3.8, 4) is 0 Å². The number of nitrogens with one attached hydrogen (secondary N) is 1. The van der Waals surface area contributed by atoms with Gasteiger partial charge in [-0.05, 0) is 68.0 Å². The molecule has 0 aliphatic heterocycles. The molecule has 1 atom stereocenters. The van der Waals surface area contributed by atoms with Crippen molar-refractivity contribution in [3.05, 3.63) is 64.2 Å². The summed E-state index contributed by atoms with van der Waals surface area (Å²) in [6.45, 7) is 5.37. The Labute approximate surface area is 226 Å². The Hall–Kier alpha value is -2.58. The van der Waals surface area contributed by atoms with Crippen LogP contribution in [0.15, 0.2) is 42.5 Å². The van der Waals surface area contributed by atoms with Crippen molar-refractivity contribution in [1.82, 2.24) is 10.2 Å². The molecule has 1 aliphatic rings. The minimum absolute atomic E-state index is 0.0932. The van der Waals surface area contributed by atoms with Crippen LogP contribution in [0.2, 0.25) is 5.02 Å². The predicted molar refractivity (Wildman–Crippen MR) is 149 cm³/mol. The number of anilines is 1. The lowest BCUT2D eigenvalue weighted by Crippen LogP contribution is -2.54. The molecule has 7 nitrogen and oxygen atoms in total.